The molecule has 0 bridgehead atoms. The summed E-state index contributed by atoms with van der Waals surface area (Å²) >= 11 is 3.15. The van der Waals surface area contributed by atoms with Crippen LogP contribution in [0, 0.1) is 13.8 Å². The molecule has 0 unspecified atom stereocenters. The molecular weight excluding hydrogens is 314 g/mol. The highest BCUT2D eigenvalue weighted by Crippen LogP contribution is 2.13. The smallest absolute Gasteiger partial charge is 0.341 e. The van der Waals surface area contributed by atoms with Gasteiger partial charge in [-0.05, 0) is 29.8 Å². The summed E-state index contributed by atoms with van der Waals surface area (Å²) in [6.07, 6.45) is 1.57. The number of hydrogen-bond donors (Lipinski definition) is 0. The monoisotopic (exact) mass is 327 g/mol. The molecule has 2 aromatic heterocycles. The van der Waals surface area contributed by atoms with Gasteiger partial charge in [0.15, 0.2) is 0 Å². The van der Waals surface area contributed by atoms with Gasteiger partial charge in [-0.2, -0.15) is 5.10 Å². The Kier molecular flexibility index (Phi) is 3.98. The summed E-state index contributed by atoms with van der Waals surface area (Å²) in [7, 11) is 1.80. The quantitative estimate of drug-likeness (QED) is 0.790. The van der Waals surface area contributed by atoms with E-state index >= 15 is 0 Å². The molecule has 2 heterocycles. The van der Waals surface area contributed by atoms with Crippen molar-refractivity contribution in [1.82, 2.24) is 24.5 Å². The molecule has 0 aliphatic carbocycles. The van der Waals surface area contributed by atoms with Crippen LogP contribution in [0.5, 0.6) is 0 Å². The normalized spacial score (nSPS) is 10.7. The number of aryl methyl sites for hydroxylation is 2. The summed E-state index contributed by atoms with van der Waals surface area (Å²) in [5, 5.41) is 8.22. The summed E-state index contributed by atoms with van der Waals surface area (Å²) in [6.45, 7) is 4.33. The van der Waals surface area contributed by atoms with E-state index in [2.05, 4.69) is 31.1 Å². The van der Waals surface area contributed by atoms with Crippen LogP contribution in [0.1, 0.15) is 21.7 Å². The molecule has 2 rings (SSSR count). The second-order valence-electron chi connectivity index (χ2n) is 4.08. The Labute approximate surface area is 118 Å². The molecule has 0 amide bonds. The number of hydrogen-bond acceptors (Lipinski definition) is 5. The second-order valence-corrected chi connectivity index (χ2v) is 4.79. The SMILES string of the molecule is Cc1nn(C)c(C)c1C(=O)OCCn1cnc(Br)n1. The number of nitrogens with zero attached hydrogens (tertiary/aromatic N) is 5. The van der Waals surface area contributed by atoms with Crippen molar-refractivity contribution >= 4 is 21.9 Å². The zero-order valence-electron chi connectivity index (χ0n) is 10.9. The first-order chi connectivity index (χ1) is 8.99. The van der Waals surface area contributed by atoms with Crippen LogP contribution in [0.2, 0.25) is 0 Å². The molecule has 0 fully saturated rings. The maximum atomic E-state index is 12.0. The molecule has 0 spiro atoms. The summed E-state index contributed by atoms with van der Waals surface area (Å²) in [5.41, 5.74) is 2.00. The Morgan fingerprint density at radius 3 is 2.68 bits per heavy atom. The maximum absolute atomic E-state index is 12.0. The van der Waals surface area contributed by atoms with Crippen molar-refractivity contribution in [3.63, 3.8) is 0 Å². The van der Waals surface area contributed by atoms with Gasteiger partial charge in [0, 0.05) is 12.7 Å². The predicted molar refractivity (Wildman–Crippen MR) is 70.7 cm³/mol. The number of carbonyl (C=O) groups excluding carboxylic acids is 1. The Morgan fingerprint density at radius 1 is 1.42 bits per heavy atom. The van der Waals surface area contributed by atoms with E-state index in [0.717, 1.165) is 5.69 Å². The van der Waals surface area contributed by atoms with Gasteiger partial charge in [-0.25, -0.2) is 14.5 Å². The van der Waals surface area contributed by atoms with Gasteiger partial charge >= 0.3 is 5.97 Å². The lowest BCUT2D eigenvalue weighted by molar-refractivity contribution is 0.0485. The van der Waals surface area contributed by atoms with E-state index in [1.165, 1.54) is 0 Å². The van der Waals surface area contributed by atoms with Crippen molar-refractivity contribution in [3.05, 3.63) is 28.0 Å². The van der Waals surface area contributed by atoms with Crippen molar-refractivity contribution in [2.75, 3.05) is 6.61 Å². The fourth-order valence-electron chi connectivity index (χ4n) is 1.75. The lowest BCUT2D eigenvalue weighted by atomic mass is 10.2. The molecule has 0 aliphatic rings. The number of esters is 1. The van der Waals surface area contributed by atoms with Crippen LogP contribution < -0.4 is 0 Å². The summed E-state index contributed by atoms with van der Waals surface area (Å²) in [6, 6.07) is 0. The van der Waals surface area contributed by atoms with Crippen LogP contribution in [0.25, 0.3) is 0 Å². The molecule has 8 heteroatoms. The predicted octanol–water partition coefficient (Wildman–Crippen LogP) is 1.25. The zero-order valence-corrected chi connectivity index (χ0v) is 12.5. The van der Waals surface area contributed by atoms with Gasteiger partial charge in [0.05, 0.1) is 12.2 Å². The molecule has 7 nitrogen and oxygen atoms in total. The van der Waals surface area contributed by atoms with Gasteiger partial charge in [-0.3, -0.25) is 4.68 Å². The molecule has 0 saturated carbocycles. The lowest BCUT2D eigenvalue weighted by Gasteiger charge is -2.05. The van der Waals surface area contributed by atoms with E-state index in [1.807, 2.05) is 6.92 Å². The van der Waals surface area contributed by atoms with Gasteiger partial charge in [0.25, 0.3) is 0 Å². The number of carbonyl (C=O) groups is 1. The van der Waals surface area contributed by atoms with Crippen LogP contribution in [0.4, 0.5) is 0 Å². The van der Waals surface area contributed by atoms with Gasteiger partial charge in [0.2, 0.25) is 4.73 Å². The second kappa shape index (κ2) is 5.52. The number of rotatable bonds is 4. The molecule has 19 heavy (non-hydrogen) atoms. The molecule has 0 N–H and O–H groups in total. The van der Waals surface area contributed by atoms with Crippen LogP contribution in [-0.2, 0) is 18.3 Å². The standard InChI is InChI=1S/C11H14BrN5O2/c1-7-9(8(2)16(3)14-7)10(18)19-5-4-17-6-13-11(12)15-17/h6H,4-5H2,1-3H3. The van der Waals surface area contributed by atoms with E-state index in [1.54, 1.807) is 29.7 Å². The Bertz CT molecular complexity index is 604. The van der Waals surface area contributed by atoms with Crippen molar-refractivity contribution < 1.29 is 9.53 Å². The third-order valence-electron chi connectivity index (χ3n) is 2.78. The minimum atomic E-state index is -0.359. The fourth-order valence-corrected chi connectivity index (χ4v) is 2.05. The van der Waals surface area contributed by atoms with Crippen LogP contribution in [0.15, 0.2) is 11.1 Å². The van der Waals surface area contributed by atoms with Gasteiger partial charge in [0.1, 0.15) is 18.5 Å². The van der Waals surface area contributed by atoms with Gasteiger partial charge in [-0.15, -0.1) is 5.10 Å². The Hall–Kier alpha value is -1.70. The first kappa shape index (κ1) is 13.7. The first-order valence-corrected chi connectivity index (χ1v) is 6.50. The minimum absolute atomic E-state index is 0.238. The molecule has 0 aromatic carbocycles. The Morgan fingerprint density at radius 2 is 2.16 bits per heavy atom. The third kappa shape index (κ3) is 3.01. The number of aromatic nitrogens is 5. The van der Waals surface area contributed by atoms with E-state index in [0.29, 0.717) is 22.5 Å². The molecule has 0 atom stereocenters. The maximum Gasteiger partial charge on any atom is 0.341 e. The average molecular weight is 328 g/mol. The molecule has 2 aromatic rings. The van der Waals surface area contributed by atoms with E-state index in [-0.39, 0.29) is 12.6 Å². The summed E-state index contributed by atoms with van der Waals surface area (Å²) < 4.78 is 9.00. The van der Waals surface area contributed by atoms with Crippen molar-refractivity contribution in [2.45, 2.75) is 20.4 Å². The van der Waals surface area contributed by atoms with E-state index in [9.17, 15) is 4.79 Å². The highest BCUT2D eigenvalue weighted by atomic mass is 79.9. The van der Waals surface area contributed by atoms with Crippen LogP contribution in [0.3, 0.4) is 0 Å². The topological polar surface area (TPSA) is 74.8 Å². The Balaban J connectivity index is 1.94. The third-order valence-corrected chi connectivity index (χ3v) is 3.14. The van der Waals surface area contributed by atoms with Crippen molar-refractivity contribution in [2.24, 2.45) is 7.05 Å². The summed E-state index contributed by atoms with van der Waals surface area (Å²) in [5.74, 6) is -0.359. The van der Waals surface area contributed by atoms with Crippen molar-refractivity contribution in [1.29, 1.82) is 0 Å². The number of halogens is 1. The molecular formula is C11H14BrN5O2. The lowest BCUT2D eigenvalue weighted by Crippen LogP contribution is -2.13. The molecule has 0 aliphatic heterocycles. The average Bonchev–Trinajstić information content (AvgIpc) is 2.84. The van der Waals surface area contributed by atoms with Gasteiger partial charge in [-0.1, -0.05) is 0 Å². The highest BCUT2D eigenvalue weighted by molar-refractivity contribution is 9.10. The van der Waals surface area contributed by atoms with Crippen LogP contribution >= 0.6 is 15.9 Å². The molecule has 0 saturated heterocycles. The minimum Gasteiger partial charge on any atom is -0.460 e. The summed E-state index contributed by atoms with van der Waals surface area (Å²) in [4.78, 5) is 15.9. The largest absolute Gasteiger partial charge is 0.460 e. The van der Waals surface area contributed by atoms with Crippen LogP contribution in [-0.4, -0.2) is 37.1 Å². The first-order valence-electron chi connectivity index (χ1n) is 5.71. The zero-order chi connectivity index (χ0) is 14.0. The molecule has 0 radical (unpaired) electrons. The molecule has 102 valence electrons. The number of ether oxygens (including phenoxy) is 1. The fraction of sp³-hybridized carbons (Fsp3) is 0.455. The van der Waals surface area contributed by atoms with E-state index < -0.39 is 0 Å². The van der Waals surface area contributed by atoms with E-state index in [4.69, 9.17) is 4.74 Å². The highest BCUT2D eigenvalue weighted by Gasteiger charge is 2.18. The van der Waals surface area contributed by atoms with Crippen molar-refractivity contribution in [3.8, 4) is 0 Å². The van der Waals surface area contributed by atoms with Gasteiger partial charge < -0.3 is 4.74 Å².